The molecule has 1 heterocycles. The van der Waals surface area contributed by atoms with E-state index in [-0.39, 0.29) is 19.2 Å². The number of carboxylic acid groups (broad SMARTS) is 1. The molecule has 2 aliphatic rings. The monoisotopic (exact) mass is 454 g/mol. The van der Waals surface area contributed by atoms with E-state index in [0.717, 1.165) is 29.5 Å². The van der Waals surface area contributed by atoms with E-state index in [0.29, 0.717) is 35.7 Å². The highest BCUT2D eigenvalue weighted by Gasteiger charge is 2.62. The van der Waals surface area contributed by atoms with E-state index in [1.807, 2.05) is 32.0 Å². The lowest BCUT2D eigenvalue weighted by atomic mass is 9.69. The summed E-state index contributed by atoms with van der Waals surface area (Å²) in [7, 11) is 3.10. The first kappa shape index (κ1) is 23.0. The summed E-state index contributed by atoms with van der Waals surface area (Å²) in [6, 6.07) is 9.15. The molecule has 0 aromatic heterocycles. The van der Waals surface area contributed by atoms with Gasteiger partial charge < -0.3 is 24.1 Å². The largest absolute Gasteiger partial charge is 0.493 e. The average Bonchev–Trinajstić information content (AvgIpc) is 3.53. The molecule has 0 unspecified atom stereocenters. The van der Waals surface area contributed by atoms with Crippen LogP contribution in [0.15, 0.2) is 30.3 Å². The van der Waals surface area contributed by atoms with Crippen LogP contribution in [0.25, 0.3) is 11.1 Å². The van der Waals surface area contributed by atoms with Crippen molar-refractivity contribution in [3.63, 3.8) is 0 Å². The van der Waals surface area contributed by atoms with Crippen LogP contribution in [-0.4, -0.2) is 37.9 Å². The maximum Gasteiger partial charge on any atom is 0.338 e. The molecule has 1 saturated carbocycles. The van der Waals surface area contributed by atoms with Crippen LogP contribution in [0, 0.1) is 10.8 Å². The van der Waals surface area contributed by atoms with Crippen LogP contribution in [0.3, 0.4) is 0 Å². The van der Waals surface area contributed by atoms with Gasteiger partial charge in [-0.15, -0.1) is 0 Å². The second-order valence-corrected chi connectivity index (χ2v) is 8.75. The van der Waals surface area contributed by atoms with E-state index in [1.165, 1.54) is 0 Å². The van der Waals surface area contributed by atoms with Crippen LogP contribution in [-0.2, 0) is 16.1 Å². The zero-order valence-electron chi connectivity index (χ0n) is 19.5. The fourth-order valence-corrected chi connectivity index (χ4v) is 5.31. The van der Waals surface area contributed by atoms with Gasteiger partial charge in [-0.2, -0.15) is 0 Å². The summed E-state index contributed by atoms with van der Waals surface area (Å²) >= 11 is 0. The number of esters is 1. The number of benzene rings is 2. The Labute approximate surface area is 193 Å². The Morgan fingerprint density at radius 3 is 2.30 bits per heavy atom. The van der Waals surface area contributed by atoms with Gasteiger partial charge in [0, 0.05) is 16.5 Å². The second kappa shape index (κ2) is 8.61. The molecule has 7 heteroatoms. The van der Waals surface area contributed by atoms with Crippen molar-refractivity contribution in [3.8, 4) is 28.4 Å². The van der Waals surface area contributed by atoms with Gasteiger partial charge in [-0.3, -0.25) is 4.79 Å². The number of carbonyl (C=O) groups is 2. The van der Waals surface area contributed by atoms with Crippen molar-refractivity contribution in [1.82, 2.24) is 0 Å². The molecule has 33 heavy (non-hydrogen) atoms. The molecule has 0 bridgehead atoms. The molecule has 1 aliphatic heterocycles. The van der Waals surface area contributed by atoms with Crippen LogP contribution in [0.5, 0.6) is 17.2 Å². The Morgan fingerprint density at radius 2 is 1.73 bits per heavy atom. The van der Waals surface area contributed by atoms with Crippen LogP contribution in [0.4, 0.5) is 0 Å². The van der Waals surface area contributed by atoms with Crippen LogP contribution in [0.1, 0.15) is 55.5 Å². The smallest absolute Gasteiger partial charge is 0.338 e. The minimum atomic E-state index is -0.840. The normalized spacial score (nSPS) is 16.1. The predicted molar refractivity (Wildman–Crippen MR) is 122 cm³/mol. The van der Waals surface area contributed by atoms with Gasteiger partial charge in [-0.1, -0.05) is 26.0 Å². The van der Waals surface area contributed by atoms with E-state index in [1.54, 1.807) is 26.4 Å². The van der Waals surface area contributed by atoms with Crippen molar-refractivity contribution in [2.75, 3.05) is 20.8 Å². The van der Waals surface area contributed by atoms with Crippen molar-refractivity contribution in [2.45, 2.75) is 46.1 Å². The van der Waals surface area contributed by atoms with E-state index in [2.05, 4.69) is 0 Å². The molecule has 0 atom stereocenters. The van der Waals surface area contributed by atoms with Gasteiger partial charge in [-0.25, -0.2) is 4.79 Å². The summed E-state index contributed by atoms with van der Waals surface area (Å²) in [5.74, 6) is 0.299. The molecule has 4 rings (SSSR count). The lowest BCUT2D eigenvalue weighted by Gasteiger charge is -2.36. The van der Waals surface area contributed by atoms with E-state index in [9.17, 15) is 14.7 Å². The summed E-state index contributed by atoms with van der Waals surface area (Å²) in [6.07, 6.45) is 2.67. The standard InChI is InChI=1S/C26H30O7/c1-5-26(6-2,24(28)29)25(12-13-25)15-33-21-17(10-11-20(30-3)22(21)31-4)16-8-7-9-18-19(16)14-32-23(18)27/h7-11H,5-6,12-15H2,1-4H3,(H,28,29). The zero-order valence-corrected chi connectivity index (χ0v) is 19.5. The molecule has 1 N–H and O–H groups in total. The Hall–Kier alpha value is -3.22. The van der Waals surface area contributed by atoms with E-state index >= 15 is 0 Å². The third kappa shape index (κ3) is 3.50. The highest BCUT2D eigenvalue weighted by molar-refractivity contribution is 5.96. The molecule has 2 aromatic carbocycles. The van der Waals surface area contributed by atoms with Crippen LogP contribution in [0.2, 0.25) is 0 Å². The van der Waals surface area contributed by atoms with Gasteiger partial charge in [-0.05, 0) is 49.4 Å². The van der Waals surface area contributed by atoms with Gasteiger partial charge >= 0.3 is 11.9 Å². The fourth-order valence-electron chi connectivity index (χ4n) is 5.31. The average molecular weight is 455 g/mol. The highest BCUT2D eigenvalue weighted by Crippen LogP contribution is 2.62. The Balaban J connectivity index is 1.79. The first-order chi connectivity index (χ1) is 15.9. The van der Waals surface area contributed by atoms with Gasteiger partial charge in [0.25, 0.3) is 0 Å². The number of rotatable bonds is 10. The SMILES string of the molecule is CCC(CC)(C(=O)O)C1(COc2c(-c3cccc4c3COC4=O)ccc(OC)c2OC)CC1. The number of hydrogen-bond acceptors (Lipinski definition) is 6. The van der Waals surface area contributed by atoms with Crippen molar-refractivity contribution >= 4 is 11.9 Å². The molecule has 0 spiro atoms. The number of hydrogen-bond donors (Lipinski definition) is 1. The quantitative estimate of drug-likeness (QED) is 0.500. The maximum atomic E-state index is 12.3. The first-order valence-corrected chi connectivity index (χ1v) is 11.3. The number of ether oxygens (including phenoxy) is 4. The molecule has 1 fully saturated rings. The first-order valence-electron chi connectivity index (χ1n) is 11.3. The van der Waals surface area contributed by atoms with Gasteiger partial charge in [0.2, 0.25) is 5.75 Å². The van der Waals surface area contributed by atoms with Crippen LogP contribution < -0.4 is 14.2 Å². The summed E-state index contributed by atoms with van der Waals surface area (Å²) in [5.41, 5.74) is 1.61. The zero-order chi connectivity index (χ0) is 23.8. The Morgan fingerprint density at radius 1 is 1.03 bits per heavy atom. The summed E-state index contributed by atoms with van der Waals surface area (Å²) in [4.78, 5) is 24.4. The summed E-state index contributed by atoms with van der Waals surface area (Å²) in [6.45, 7) is 4.30. The molecule has 0 saturated heterocycles. The van der Waals surface area contributed by atoms with Crippen molar-refractivity contribution in [3.05, 3.63) is 41.5 Å². The number of cyclic esters (lactones) is 1. The van der Waals surface area contributed by atoms with Crippen LogP contribution >= 0.6 is 0 Å². The number of methoxy groups -OCH3 is 2. The highest BCUT2D eigenvalue weighted by atomic mass is 16.5. The predicted octanol–water partition coefficient (Wildman–Crippen LogP) is 5.09. The van der Waals surface area contributed by atoms with Gasteiger partial charge in [0.1, 0.15) is 6.61 Å². The summed E-state index contributed by atoms with van der Waals surface area (Å²) < 4.78 is 22.9. The Kier molecular flexibility index (Phi) is 5.99. The minimum Gasteiger partial charge on any atom is -0.493 e. The van der Waals surface area contributed by atoms with Gasteiger partial charge in [0.05, 0.1) is 31.8 Å². The fraction of sp³-hybridized carbons (Fsp3) is 0.462. The molecule has 176 valence electrons. The number of carbonyl (C=O) groups excluding carboxylic acids is 1. The number of fused-ring (bicyclic) bond motifs is 1. The molecule has 0 radical (unpaired) electrons. The topological polar surface area (TPSA) is 91.3 Å². The van der Waals surface area contributed by atoms with Crippen molar-refractivity contribution in [1.29, 1.82) is 0 Å². The summed E-state index contributed by atoms with van der Waals surface area (Å²) in [5, 5.41) is 10.1. The molecule has 2 aromatic rings. The third-order valence-corrected chi connectivity index (χ3v) is 7.51. The molecule has 0 amide bonds. The lowest BCUT2D eigenvalue weighted by Crippen LogP contribution is -2.42. The maximum absolute atomic E-state index is 12.3. The lowest BCUT2D eigenvalue weighted by molar-refractivity contribution is -0.156. The van der Waals surface area contributed by atoms with Crippen molar-refractivity contribution < 1.29 is 33.6 Å². The molecular formula is C26H30O7. The molecule has 7 nitrogen and oxygen atoms in total. The number of aliphatic carboxylic acids is 1. The molecular weight excluding hydrogens is 424 g/mol. The molecule has 1 aliphatic carbocycles. The van der Waals surface area contributed by atoms with E-state index in [4.69, 9.17) is 18.9 Å². The third-order valence-electron chi connectivity index (χ3n) is 7.51. The van der Waals surface area contributed by atoms with E-state index < -0.39 is 16.8 Å². The van der Waals surface area contributed by atoms with Crippen molar-refractivity contribution in [2.24, 2.45) is 10.8 Å². The number of carboxylic acids is 1. The van der Waals surface area contributed by atoms with Gasteiger partial charge in [0.15, 0.2) is 11.5 Å². The Bertz CT molecular complexity index is 1080. The second-order valence-electron chi connectivity index (χ2n) is 8.75. The minimum absolute atomic E-state index is 0.190.